The summed E-state index contributed by atoms with van der Waals surface area (Å²) >= 11 is 0. The van der Waals surface area contributed by atoms with Crippen LogP contribution in [0.15, 0.2) is 53.4 Å². The van der Waals surface area contributed by atoms with Crippen LogP contribution in [0.3, 0.4) is 0 Å². The van der Waals surface area contributed by atoms with Gasteiger partial charge < -0.3 is 0 Å². The molecule has 8 heteroatoms. The van der Waals surface area contributed by atoms with Crippen LogP contribution in [0.4, 0.5) is 0 Å². The molecule has 2 unspecified atom stereocenters. The second kappa shape index (κ2) is 7.50. The molecule has 0 radical (unpaired) electrons. The van der Waals surface area contributed by atoms with Gasteiger partial charge in [-0.2, -0.15) is 4.31 Å². The molecule has 1 N–H and O–H groups in total. The fourth-order valence-electron chi connectivity index (χ4n) is 4.63. The molecule has 2 bridgehead atoms. The Bertz CT molecular complexity index is 1080. The molecule has 4 rings (SSSR count). The second-order valence-corrected chi connectivity index (χ2v) is 11.8. The highest BCUT2D eigenvalue weighted by atomic mass is 32.2. The van der Waals surface area contributed by atoms with E-state index in [1.165, 1.54) is 11.8 Å². The van der Waals surface area contributed by atoms with E-state index in [0.717, 1.165) is 24.0 Å². The van der Waals surface area contributed by atoms with Gasteiger partial charge in [-0.25, -0.2) is 21.6 Å². The zero-order chi connectivity index (χ0) is 20.8. The fraction of sp³-hybridized carbons (Fsp3) is 0.429. The van der Waals surface area contributed by atoms with Gasteiger partial charge in [0.05, 0.1) is 11.2 Å². The van der Waals surface area contributed by atoms with E-state index in [-0.39, 0.29) is 23.0 Å². The van der Waals surface area contributed by atoms with Crippen LogP contribution in [0.2, 0.25) is 0 Å². The highest BCUT2D eigenvalue weighted by Crippen LogP contribution is 2.38. The lowest BCUT2D eigenvalue weighted by Gasteiger charge is -2.37. The standard InChI is InChI=1S/C21H26N2O4S2/c1-15-3-5-16(6-4-15)17-7-11-21(12-8-17)29(26,27)22-18-13-19-9-10-20(14-18)23(19)28(2,24)25/h3-8,11-12,18-20,22H,9-10,13-14H2,1-2H3. The number of aryl methyl sites for hydroxylation is 1. The maximum atomic E-state index is 12.9. The average molecular weight is 435 g/mol. The van der Waals surface area contributed by atoms with E-state index in [2.05, 4.69) is 4.72 Å². The summed E-state index contributed by atoms with van der Waals surface area (Å²) in [5, 5.41) is 0. The van der Waals surface area contributed by atoms with Crippen LogP contribution in [-0.2, 0) is 20.0 Å². The molecule has 2 atom stereocenters. The summed E-state index contributed by atoms with van der Waals surface area (Å²) in [6.45, 7) is 2.03. The minimum absolute atomic E-state index is 0.111. The van der Waals surface area contributed by atoms with Crippen molar-refractivity contribution in [2.45, 2.75) is 55.6 Å². The third-order valence-corrected chi connectivity index (χ3v) is 8.82. The number of hydrogen-bond acceptors (Lipinski definition) is 4. The largest absolute Gasteiger partial charge is 0.240 e. The van der Waals surface area contributed by atoms with Crippen molar-refractivity contribution < 1.29 is 16.8 Å². The summed E-state index contributed by atoms with van der Waals surface area (Å²) in [7, 11) is -6.91. The van der Waals surface area contributed by atoms with E-state index in [0.29, 0.717) is 12.8 Å². The Morgan fingerprint density at radius 3 is 1.79 bits per heavy atom. The van der Waals surface area contributed by atoms with Gasteiger partial charge >= 0.3 is 0 Å². The number of sulfonamides is 2. The molecule has 0 aliphatic carbocycles. The van der Waals surface area contributed by atoms with Crippen molar-refractivity contribution in [3.05, 3.63) is 54.1 Å². The molecular formula is C21H26N2O4S2. The maximum Gasteiger partial charge on any atom is 0.240 e. The Morgan fingerprint density at radius 1 is 0.828 bits per heavy atom. The molecule has 2 saturated heterocycles. The smallest absolute Gasteiger partial charge is 0.212 e. The molecular weight excluding hydrogens is 408 g/mol. The van der Waals surface area contributed by atoms with Gasteiger partial charge in [0.2, 0.25) is 20.0 Å². The number of rotatable bonds is 5. The van der Waals surface area contributed by atoms with Crippen molar-refractivity contribution in [2.24, 2.45) is 0 Å². The molecule has 2 aliphatic heterocycles. The van der Waals surface area contributed by atoms with E-state index >= 15 is 0 Å². The SMILES string of the molecule is Cc1ccc(-c2ccc(S(=O)(=O)NC3CC4CCC(C3)N4S(C)(=O)=O)cc2)cc1. The summed E-state index contributed by atoms with van der Waals surface area (Å²) in [4.78, 5) is 0.228. The molecule has 29 heavy (non-hydrogen) atoms. The Labute approximate surface area is 173 Å². The first kappa shape index (κ1) is 20.5. The Balaban J connectivity index is 1.48. The molecule has 0 saturated carbocycles. The molecule has 2 aromatic carbocycles. The molecule has 0 spiro atoms. The molecule has 2 fully saturated rings. The third-order valence-electron chi connectivity index (χ3n) is 5.92. The van der Waals surface area contributed by atoms with Crippen LogP contribution in [-0.4, -0.2) is 45.5 Å². The summed E-state index contributed by atoms with van der Waals surface area (Å²) in [6, 6.07) is 14.5. The second-order valence-electron chi connectivity index (χ2n) is 8.16. The van der Waals surface area contributed by atoms with Crippen molar-refractivity contribution >= 4 is 20.0 Å². The predicted octanol–water partition coefficient (Wildman–Crippen LogP) is 2.90. The van der Waals surface area contributed by atoms with Gasteiger partial charge in [0.15, 0.2) is 0 Å². The normalized spacial score (nSPS) is 25.2. The number of nitrogens with one attached hydrogen (secondary N) is 1. The zero-order valence-electron chi connectivity index (χ0n) is 16.6. The van der Waals surface area contributed by atoms with Gasteiger partial charge in [-0.1, -0.05) is 42.0 Å². The average Bonchev–Trinajstić information content (AvgIpc) is 2.94. The van der Waals surface area contributed by atoms with Crippen LogP contribution in [0.25, 0.3) is 11.1 Å². The van der Waals surface area contributed by atoms with Crippen LogP contribution >= 0.6 is 0 Å². The van der Waals surface area contributed by atoms with Gasteiger partial charge in [0.1, 0.15) is 0 Å². The fourth-order valence-corrected chi connectivity index (χ4v) is 7.36. The van der Waals surface area contributed by atoms with Gasteiger partial charge in [-0.05, 0) is 55.9 Å². The Kier molecular flexibility index (Phi) is 5.31. The first-order valence-electron chi connectivity index (χ1n) is 9.81. The van der Waals surface area contributed by atoms with E-state index in [4.69, 9.17) is 0 Å². The lowest BCUT2D eigenvalue weighted by molar-refractivity contribution is 0.221. The first-order valence-corrected chi connectivity index (χ1v) is 13.1. The summed E-state index contributed by atoms with van der Waals surface area (Å²) in [5.74, 6) is 0. The van der Waals surface area contributed by atoms with Gasteiger partial charge in [0, 0.05) is 18.1 Å². The van der Waals surface area contributed by atoms with Gasteiger partial charge in [0.25, 0.3) is 0 Å². The Morgan fingerprint density at radius 2 is 1.31 bits per heavy atom. The molecule has 156 valence electrons. The molecule has 2 aromatic rings. The Hall–Kier alpha value is -1.74. The van der Waals surface area contributed by atoms with Gasteiger partial charge in [-0.3, -0.25) is 0 Å². The van der Waals surface area contributed by atoms with E-state index in [1.807, 2.05) is 43.3 Å². The van der Waals surface area contributed by atoms with Crippen LogP contribution in [0.1, 0.15) is 31.2 Å². The van der Waals surface area contributed by atoms with Crippen molar-refractivity contribution in [3.8, 4) is 11.1 Å². The molecule has 0 aromatic heterocycles. The minimum atomic E-state index is -3.66. The van der Waals surface area contributed by atoms with Gasteiger partial charge in [-0.15, -0.1) is 0 Å². The predicted molar refractivity (Wildman–Crippen MR) is 113 cm³/mol. The lowest BCUT2D eigenvalue weighted by Crippen LogP contribution is -2.51. The number of fused-ring (bicyclic) bond motifs is 2. The summed E-state index contributed by atoms with van der Waals surface area (Å²) in [6.07, 6.45) is 3.86. The summed E-state index contributed by atoms with van der Waals surface area (Å²) < 4.78 is 54.1. The van der Waals surface area contributed by atoms with Crippen LogP contribution < -0.4 is 4.72 Å². The van der Waals surface area contributed by atoms with E-state index in [1.54, 1.807) is 16.4 Å². The van der Waals surface area contributed by atoms with E-state index < -0.39 is 20.0 Å². The molecule has 2 aliphatic rings. The monoisotopic (exact) mass is 434 g/mol. The first-order chi connectivity index (χ1) is 13.6. The summed E-state index contributed by atoms with van der Waals surface area (Å²) in [5.41, 5.74) is 3.17. The zero-order valence-corrected chi connectivity index (χ0v) is 18.2. The number of benzene rings is 2. The molecule has 2 heterocycles. The highest BCUT2D eigenvalue weighted by Gasteiger charge is 2.45. The van der Waals surface area contributed by atoms with Crippen LogP contribution in [0, 0.1) is 6.92 Å². The minimum Gasteiger partial charge on any atom is -0.212 e. The van der Waals surface area contributed by atoms with Crippen molar-refractivity contribution in [1.29, 1.82) is 0 Å². The molecule has 0 amide bonds. The maximum absolute atomic E-state index is 12.9. The van der Waals surface area contributed by atoms with Crippen molar-refractivity contribution in [2.75, 3.05) is 6.26 Å². The van der Waals surface area contributed by atoms with Crippen molar-refractivity contribution in [3.63, 3.8) is 0 Å². The topological polar surface area (TPSA) is 83.6 Å². The highest BCUT2D eigenvalue weighted by molar-refractivity contribution is 7.89. The third kappa shape index (κ3) is 4.26. The number of piperidine rings is 1. The van der Waals surface area contributed by atoms with Crippen molar-refractivity contribution in [1.82, 2.24) is 9.03 Å². The molecule has 6 nitrogen and oxygen atoms in total. The van der Waals surface area contributed by atoms with Crippen LogP contribution in [0.5, 0.6) is 0 Å². The number of nitrogens with zero attached hydrogens (tertiary/aromatic N) is 1. The van der Waals surface area contributed by atoms with E-state index in [9.17, 15) is 16.8 Å². The number of hydrogen-bond donors (Lipinski definition) is 1. The lowest BCUT2D eigenvalue weighted by atomic mass is 10.0. The quantitative estimate of drug-likeness (QED) is 0.784.